The van der Waals surface area contributed by atoms with Crippen LogP contribution in [0.5, 0.6) is 0 Å². The molecule has 0 atom stereocenters. The van der Waals surface area contributed by atoms with E-state index in [-0.39, 0.29) is 0 Å². The maximum atomic E-state index is 9.87. The van der Waals surface area contributed by atoms with Crippen molar-refractivity contribution in [3.8, 4) is 0 Å². The molecule has 0 aliphatic rings. The van der Waals surface area contributed by atoms with E-state index in [1.165, 1.54) is 0 Å². The van der Waals surface area contributed by atoms with Gasteiger partial charge in [0.1, 0.15) is 0 Å². The fourth-order valence-electron chi connectivity index (χ4n) is 0.526. The molecule has 64 valence electrons. The molecule has 0 aromatic heterocycles. The fourth-order valence-corrected chi connectivity index (χ4v) is 0.526. The number of carboxylic acid groups (broad SMARTS) is 1. The van der Waals surface area contributed by atoms with Crippen LogP contribution in [0.3, 0.4) is 0 Å². The van der Waals surface area contributed by atoms with Gasteiger partial charge in [-0.1, -0.05) is 19.8 Å². The predicted octanol–water partition coefficient (Wildman–Crippen LogP) is 2.65. The van der Waals surface area contributed by atoms with Gasteiger partial charge in [-0.25, -0.2) is 0 Å². The first-order valence-corrected chi connectivity index (χ1v) is 7.80. The molecule has 0 aromatic rings. The molecule has 0 saturated heterocycles. The van der Waals surface area contributed by atoms with Crippen LogP contribution < -0.4 is 0 Å². The molecule has 0 aliphatic heterocycles. The molecule has 0 spiro atoms. The zero-order valence-electron chi connectivity index (χ0n) is 6.65. The summed E-state index contributed by atoms with van der Waals surface area (Å²) in [6.45, 7) is 2.06. The summed E-state index contributed by atoms with van der Waals surface area (Å²) in [5.74, 6) is -0.682. The van der Waals surface area contributed by atoms with Crippen molar-refractivity contribution < 1.29 is 9.90 Å². The molecule has 2 nitrogen and oxygen atoms in total. The van der Waals surface area contributed by atoms with E-state index in [1.807, 2.05) is 0 Å². The van der Waals surface area contributed by atoms with Gasteiger partial charge in [0.05, 0.1) is 0 Å². The molecule has 0 unspecified atom stereocenters. The topological polar surface area (TPSA) is 37.3 Å². The molecule has 0 bridgehead atoms. The van der Waals surface area contributed by atoms with Crippen molar-refractivity contribution in [2.45, 2.75) is 32.6 Å². The Labute approximate surface area is 84.5 Å². The first-order chi connectivity index (χ1) is 5.18. The van der Waals surface area contributed by atoms with Crippen molar-refractivity contribution in [2.75, 3.05) is 0 Å². The minimum absolute atomic E-state index is 0.327. The van der Waals surface area contributed by atoms with Crippen LogP contribution in [-0.2, 0) is 4.79 Å². The summed E-state index contributed by atoms with van der Waals surface area (Å²) in [4.78, 5) is 9.87. The van der Waals surface area contributed by atoms with Gasteiger partial charge in [-0.05, 0) is 6.42 Å². The Morgan fingerprint density at radius 1 is 1.45 bits per heavy atom. The zero-order valence-corrected chi connectivity index (χ0v) is 9.57. The third kappa shape index (κ3) is 24.9. The first kappa shape index (κ1) is 14.3. The maximum absolute atomic E-state index is 9.87. The third-order valence-electron chi connectivity index (χ3n) is 0.994. The van der Waals surface area contributed by atoms with Crippen LogP contribution >= 0.6 is 18.1 Å². The SMILES string of the molecule is CCCCCC(=O)O.[Cl][Mg][Cl]. The Morgan fingerprint density at radius 2 is 1.91 bits per heavy atom. The Kier molecular flexibility index (Phi) is 17.5. The fraction of sp³-hybridized carbons (Fsp3) is 0.833. The lowest BCUT2D eigenvalue weighted by molar-refractivity contribution is -0.137. The minimum Gasteiger partial charge on any atom is -0.481 e. The normalized spacial score (nSPS) is 7.55. The van der Waals surface area contributed by atoms with Gasteiger partial charge in [0.2, 0.25) is 0 Å². The van der Waals surface area contributed by atoms with Crippen LogP contribution in [0.15, 0.2) is 0 Å². The number of hydrogen-bond acceptors (Lipinski definition) is 1. The van der Waals surface area contributed by atoms with Gasteiger partial charge in [-0.3, -0.25) is 4.79 Å². The van der Waals surface area contributed by atoms with E-state index in [1.54, 1.807) is 0 Å². The molecule has 1 N–H and O–H groups in total. The lowest BCUT2D eigenvalue weighted by atomic mass is 10.2. The summed E-state index contributed by atoms with van der Waals surface area (Å²) >= 11 is -0.639. The summed E-state index contributed by atoms with van der Waals surface area (Å²) in [5.41, 5.74) is 0. The lowest BCUT2D eigenvalue weighted by Crippen LogP contribution is -1.92. The van der Waals surface area contributed by atoms with Gasteiger partial charge in [-0.15, -0.1) is 0 Å². The number of hydrogen-bond donors (Lipinski definition) is 1. The van der Waals surface area contributed by atoms with Crippen molar-refractivity contribution in [3.63, 3.8) is 0 Å². The third-order valence-corrected chi connectivity index (χ3v) is 0.994. The number of halogens is 2. The number of carbonyl (C=O) groups is 1. The second-order valence-electron chi connectivity index (χ2n) is 1.95. The van der Waals surface area contributed by atoms with Crippen LogP contribution in [0.1, 0.15) is 32.6 Å². The molecule has 0 amide bonds. The van der Waals surface area contributed by atoms with E-state index in [9.17, 15) is 4.79 Å². The van der Waals surface area contributed by atoms with Crippen LogP contribution in [0, 0.1) is 0 Å². The van der Waals surface area contributed by atoms with Gasteiger partial charge in [-0.2, -0.15) is 0 Å². The van der Waals surface area contributed by atoms with E-state index in [2.05, 4.69) is 6.92 Å². The highest BCUT2D eigenvalue weighted by atomic mass is 35.6. The van der Waals surface area contributed by atoms with E-state index in [4.69, 9.17) is 23.2 Å². The Balaban J connectivity index is 0. The molecular weight excluding hydrogens is 199 g/mol. The van der Waals surface area contributed by atoms with Crippen LogP contribution in [0.25, 0.3) is 0 Å². The van der Waals surface area contributed by atoms with E-state index in [0.717, 1.165) is 19.3 Å². The zero-order chi connectivity index (χ0) is 9.11. The maximum Gasteiger partial charge on any atom is 0.618 e. The highest BCUT2D eigenvalue weighted by molar-refractivity contribution is 7.22. The predicted molar refractivity (Wildman–Crippen MR) is 49.2 cm³/mol. The van der Waals surface area contributed by atoms with Crippen molar-refractivity contribution in [1.82, 2.24) is 0 Å². The standard InChI is InChI=1S/C6H12O2.2ClH.Mg/c1-2-3-4-5-6(7)8;;;/h2-5H2,1H3,(H,7,8);2*1H;/q;;;+2/p-2. The van der Waals surface area contributed by atoms with Crippen molar-refractivity contribution in [2.24, 2.45) is 0 Å². The average molecular weight is 211 g/mol. The van der Waals surface area contributed by atoms with Crippen LogP contribution in [0.4, 0.5) is 0 Å². The second-order valence-corrected chi connectivity index (χ2v) is 4.58. The summed E-state index contributed by atoms with van der Waals surface area (Å²) in [5, 5.41) is 8.14. The smallest absolute Gasteiger partial charge is 0.481 e. The molecular formula is C6H12Cl2MgO2. The molecule has 0 rings (SSSR count). The minimum atomic E-state index is -0.682. The van der Waals surface area contributed by atoms with E-state index < -0.39 is 24.1 Å². The van der Waals surface area contributed by atoms with Crippen LogP contribution in [-0.4, -0.2) is 29.2 Å². The quantitative estimate of drug-likeness (QED) is 0.573. The Morgan fingerprint density at radius 3 is 2.18 bits per heavy atom. The summed E-state index contributed by atoms with van der Waals surface area (Å²) in [7, 11) is 9.81. The summed E-state index contributed by atoms with van der Waals surface area (Å²) < 4.78 is 0. The number of carboxylic acids is 1. The molecule has 0 aliphatic carbocycles. The highest BCUT2D eigenvalue weighted by Crippen LogP contribution is 1.97. The summed E-state index contributed by atoms with van der Waals surface area (Å²) in [6.07, 6.45) is 3.28. The second kappa shape index (κ2) is 13.4. The first-order valence-electron chi connectivity index (χ1n) is 3.52. The number of unbranched alkanes of at least 4 members (excludes halogenated alkanes) is 2. The van der Waals surface area contributed by atoms with E-state index in [0.29, 0.717) is 6.42 Å². The van der Waals surface area contributed by atoms with Crippen molar-refractivity contribution >= 4 is 42.3 Å². The number of rotatable bonds is 4. The Bertz CT molecular complexity index is 90.7. The van der Waals surface area contributed by atoms with Gasteiger partial charge < -0.3 is 23.2 Å². The van der Waals surface area contributed by atoms with Gasteiger partial charge in [0.15, 0.2) is 0 Å². The monoisotopic (exact) mass is 210 g/mol. The average Bonchev–Trinajstić information content (AvgIpc) is 1.89. The molecule has 0 aromatic carbocycles. The summed E-state index contributed by atoms with van der Waals surface area (Å²) in [6, 6.07) is 0. The molecule has 0 heterocycles. The largest absolute Gasteiger partial charge is 0.618 e. The Hall–Kier alpha value is 0.816. The lowest BCUT2D eigenvalue weighted by Gasteiger charge is -1.89. The van der Waals surface area contributed by atoms with Gasteiger partial charge in [0.25, 0.3) is 0 Å². The molecule has 5 heteroatoms. The molecule has 11 heavy (non-hydrogen) atoms. The van der Waals surface area contributed by atoms with Crippen molar-refractivity contribution in [3.05, 3.63) is 0 Å². The van der Waals surface area contributed by atoms with Gasteiger partial charge in [0, 0.05) is 6.42 Å². The van der Waals surface area contributed by atoms with Gasteiger partial charge >= 0.3 is 24.1 Å². The number of aliphatic carboxylic acids is 1. The molecule has 0 saturated carbocycles. The van der Waals surface area contributed by atoms with Crippen molar-refractivity contribution in [1.29, 1.82) is 0 Å². The van der Waals surface area contributed by atoms with E-state index >= 15 is 0 Å². The van der Waals surface area contributed by atoms with Crippen LogP contribution in [0.2, 0.25) is 0 Å². The molecule has 0 fully saturated rings. The highest BCUT2D eigenvalue weighted by Gasteiger charge is 1.92. The molecule has 0 radical (unpaired) electrons.